The van der Waals surface area contributed by atoms with Gasteiger partial charge in [0.15, 0.2) is 12.6 Å². The average Bonchev–Trinajstić information content (AvgIpc) is 3.47. The van der Waals surface area contributed by atoms with Gasteiger partial charge in [-0.3, -0.25) is 4.79 Å². The van der Waals surface area contributed by atoms with Crippen molar-refractivity contribution in [3.8, 4) is 0 Å². The Morgan fingerprint density at radius 1 is 0.457 bits per heavy atom. The Morgan fingerprint density at radius 3 is 1.31 bits per heavy atom. The minimum atomic E-state index is -1.79. The number of carbonyl (C=O) groups excluding carboxylic acids is 1. The summed E-state index contributed by atoms with van der Waals surface area (Å²) < 4.78 is 22.9. The van der Waals surface area contributed by atoms with E-state index in [2.05, 4.69) is 79.9 Å². The fourth-order valence-electron chi connectivity index (χ4n) is 10.7. The minimum Gasteiger partial charge on any atom is -0.394 e. The Hall–Kier alpha value is -2.31. The van der Waals surface area contributed by atoms with Gasteiger partial charge in [0, 0.05) is 6.42 Å². The molecule has 0 aromatic rings. The molecule has 2 saturated heterocycles. The standard InChI is InChI=1S/C67H121NO13/c1-3-5-7-9-11-13-15-17-19-21-23-25-27-28-29-31-33-35-37-39-41-43-45-47-49-51-59(72)68-55(54-78-66-64(77)62(75)65(58(53-70)80-66)81-67-63(76)61(74)60(73)57(52-69)79-67)56(71)50-48-46-44-42-40-38-36-34-32-30-26-24-22-20-18-16-14-12-10-8-6-4-2/h5,7,11,13,17,19,23,25,28-29,55-58,60-67,69-71,73-77H,3-4,6,8-10,12,14-16,18,20-22,24,26-27,30-54H2,1-2H3,(H,68,72)/b7-5-,13-11-,19-17-,25-23-,29-28-. The topological polar surface area (TPSA) is 228 Å². The number of hydrogen-bond acceptors (Lipinski definition) is 13. The lowest BCUT2D eigenvalue weighted by Crippen LogP contribution is -2.65. The second kappa shape index (κ2) is 52.1. The van der Waals surface area contributed by atoms with Crippen LogP contribution in [0.15, 0.2) is 60.8 Å². The maximum Gasteiger partial charge on any atom is 0.220 e. The SMILES string of the molecule is CC/C=C\C/C=C\C/C=C\C/C=C\C/C=C\CCCCCCCCCCCC(=O)NC(COC1OC(CO)C(OC2OC(CO)C(O)C(O)C2O)C(O)C1O)C(O)CCCCCCCCCCCCCCCCCCCCCCCC. The molecule has 12 unspecified atom stereocenters. The zero-order chi connectivity index (χ0) is 58.8. The number of ether oxygens (including phenoxy) is 4. The molecular weight excluding hydrogens is 1030 g/mol. The zero-order valence-corrected chi connectivity index (χ0v) is 51.0. The number of aliphatic hydroxyl groups excluding tert-OH is 8. The van der Waals surface area contributed by atoms with Gasteiger partial charge in [0.25, 0.3) is 0 Å². The van der Waals surface area contributed by atoms with E-state index < -0.39 is 86.8 Å². The molecule has 0 bridgehead atoms. The molecule has 0 radical (unpaired) electrons. The van der Waals surface area contributed by atoms with E-state index in [0.717, 1.165) is 83.5 Å². The Kier molecular flexibility index (Phi) is 48.1. The number of nitrogens with one attached hydrogen (secondary N) is 1. The van der Waals surface area contributed by atoms with Crippen molar-refractivity contribution < 1.29 is 64.6 Å². The molecule has 2 heterocycles. The summed E-state index contributed by atoms with van der Waals surface area (Å²) in [6, 6.07) is -0.836. The van der Waals surface area contributed by atoms with E-state index >= 15 is 0 Å². The number of aliphatic hydroxyl groups is 8. The van der Waals surface area contributed by atoms with Gasteiger partial charge in [-0.25, -0.2) is 0 Å². The van der Waals surface area contributed by atoms with E-state index in [1.165, 1.54) is 148 Å². The maximum absolute atomic E-state index is 13.3. The van der Waals surface area contributed by atoms with Crippen molar-refractivity contribution in [1.82, 2.24) is 5.32 Å². The van der Waals surface area contributed by atoms with E-state index in [4.69, 9.17) is 18.9 Å². The number of rotatable bonds is 53. The first-order valence-corrected chi connectivity index (χ1v) is 33.0. The first-order chi connectivity index (χ1) is 39.6. The lowest BCUT2D eigenvalue weighted by atomic mass is 9.97. The van der Waals surface area contributed by atoms with Crippen molar-refractivity contribution >= 4 is 5.91 Å². The molecule has 2 aliphatic heterocycles. The van der Waals surface area contributed by atoms with Crippen LogP contribution >= 0.6 is 0 Å². The summed E-state index contributed by atoms with van der Waals surface area (Å²) in [6.07, 6.45) is 50.7. The summed E-state index contributed by atoms with van der Waals surface area (Å²) >= 11 is 0. The number of amides is 1. The highest BCUT2D eigenvalue weighted by molar-refractivity contribution is 5.76. The minimum absolute atomic E-state index is 0.212. The highest BCUT2D eigenvalue weighted by atomic mass is 16.7. The predicted molar refractivity (Wildman–Crippen MR) is 327 cm³/mol. The van der Waals surface area contributed by atoms with Crippen molar-refractivity contribution in [3.05, 3.63) is 60.8 Å². The summed E-state index contributed by atoms with van der Waals surface area (Å²) in [6.45, 7) is 2.77. The third kappa shape index (κ3) is 37.0. The van der Waals surface area contributed by atoms with Gasteiger partial charge in [-0.15, -0.1) is 0 Å². The largest absolute Gasteiger partial charge is 0.394 e. The van der Waals surface area contributed by atoms with E-state index in [0.29, 0.717) is 19.3 Å². The van der Waals surface area contributed by atoms with Gasteiger partial charge >= 0.3 is 0 Å². The third-order valence-corrected chi connectivity index (χ3v) is 16.0. The van der Waals surface area contributed by atoms with Crippen LogP contribution in [0.25, 0.3) is 0 Å². The Balaban J connectivity index is 1.71. The molecule has 0 saturated carbocycles. The molecule has 12 atom stereocenters. The molecule has 1 amide bonds. The molecular formula is C67H121NO13. The molecule has 0 aliphatic carbocycles. The summed E-state index contributed by atoms with van der Waals surface area (Å²) in [4.78, 5) is 13.3. The number of allylic oxidation sites excluding steroid dienone is 10. The second-order valence-electron chi connectivity index (χ2n) is 23.2. The van der Waals surface area contributed by atoms with Crippen LogP contribution in [0, 0.1) is 0 Å². The van der Waals surface area contributed by atoms with Gasteiger partial charge in [-0.1, -0.05) is 261 Å². The van der Waals surface area contributed by atoms with Crippen LogP contribution in [0.4, 0.5) is 0 Å². The lowest BCUT2D eigenvalue weighted by molar-refractivity contribution is -0.359. The van der Waals surface area contributed by atoms with E-state index in [1.54, 1.807) is 0 Å². The summed E-state index contributed by atoms with van der Waals surface area (Å²) in [5.74, 6) is -0.212. The fourth-order valence-corrected chi connectivity index (χ4v) is 10.7. The smallest absolute Gasteiger partial charge is 0.220 e. The van der Waals surface area contributed by atoms with Gasteiger partial charge in [0.2, 0.25) is 5.91 Å². The van der Waals surface area contributed by atoms with Crippen molar-refractivity contribution in [2.24, 2.45) is 0 Å². The molecule has 14 heteroatoms. The molecule has 2 rings (SSSR count). The number of hydrogen-bond donors (Lipinski definition) is 9. The van der Waals surface area contributed by atoms with Gasteiger partial charge in [-0.2, -0.15) is 0 Å². The summed E-state index contributed by atoms with van der Waals surface area (Å²) in [5, 5.41) is 87.5. The number of unbranched alkanes of at least 4 members (excludes halogenated alkanes) is 30. The Morgan fingerprint density at radius 2 is 0.852 bits per heavy atom. The van der Waals surface area contributed by atoms with Gasteiger partial charge in [-0.05, 0) is 57.8 Å². The quantitative estimate of drug-likeness (QED) is 0.0204. The van der Waals surface area contributed by atoms with Crippen molar-refractivity contribution in [1.29, 1.82) is 0 Å². The number of carbonyl (C=O) groups is 1. The third-order valence-electron chi connectivity index (χ3n) is 16.0. The monoisotopic (exact) mass is 1150 g/mol. The second-order valence-corrected chi connectivity index (χ2v) is 23.2. The first-order valence-electron chi connectivity index (χ1n) is 33.0. The first kappa shape index (κ1) is 74.8. The van der Waals surface area contributed by atoms with Crippen LogP contribution < -0.4 is 5.32 Å². The fraction of sp³-hybridized carbons (Fsp3) is 0.836. The summed E-state index contributed by atoms with van der Waals surface area (Å²) in [7, 11) is 0. The van der Waals surface area contributed by atoms with Gasteiger partial charge < -0.3 is 65.1 Å². The molecule has 2 fully saturated rings. The van der Waals surface area contributed by atoms with Crippen molar-refractivity contribution in [2.75, 3.05) is 19.8 Å². The van der Waals surface area contributed by atoms with E-state index in [9.17, 15) is 45.6 Å². The van der Waals surface area contributed by atoms with Crippen LogP contribution in [-0.4, -0.2) is 140 Å². The van der Waals surface area contributed by atoms with Crippen molar-refractivity contribution in [2.45, 2.75) is 338 Å². The van der Waals surface area contributed by atoms with E-state index in [-0.39, 0.29) is 12.5 Å². The molecule has 472 valence electrons. The molecule has 9 N–H and O–H groups in total. The van der Waals surface area contributed by atoms with E-state index in [1.807, 2.05) is 0 Å². The zero-order valence-electron chi connectivity index (χ0n) is 51.0. The highest BCUT2D eigenvalue weighted by Gasteiger charge is 2.51. The van der Waals surface area contributed by atoms with Crippen LogP contribution in [0.1, 0.15) is 264 Å². The molecule has 81 heavy (non-hydrogen) atoms. The normalized spacial score (nSPS) is 24.5. The molecule has 0 aromatic heterocycles. The maximum atomic E-state index is 13.3. The summed E-state index contributed by atoms with van der Waals surface area (Å²) in [5.41, 5.74) is 0. The molecule has 0 aromatic carbocycles. The van der Waals surface area contributed by atoms with Crippen LogP contribution in [0.2, 0.25) is 0 Å². The van der Waals surface area contributed by atoms with Crippen molar-refractivity contribution in [3.63, 3.8) is 0 Å². The van der Waals surface area contributed by atoms with Crippen LogP contribution in [0.5, 0.6) is 0 Å². The van der Waals surface area contributed by atoms with Crippen LogP contribution in [0.3, 0.4) is 0 Å². The van der Waals surface area contributed by atoms with Gasteiger partial charge in [0.1, 0.15) is 48.8 Å². The molecule has 0 spiro atoms. The lowest BCUT2D eigenvalue weighted by Gasteiger charge is -2.46. The molecule has 2 aliphatic rings. The molecule has 14 nitrogen and oxygen atoms in total. The Bertz CT molecular complexity index is 1590. The van der Waals surface area contributed by atoms with Crippen LogP contribution in [-0.2, 0) is 23.7 Å². The van der Waals surface area contributed by atoms with Gasteiger partial charge in [0.05, 0.1) is 32.0 Å². The Labute approximate surface area is 492 Å². The average molecular weight is 1150 g/mol. The predicted octanol–water partition coefficient (Wildman–Crippen LogP) is 12.5. The highest BCUT2D eigenvalue weighted by Crippen LogP contribution is 2.30.